The number of pyridine rings is 1. The van der Waals surface area contributed by atoms with Gasteiger partial charge in [0.05, 0.1) is 10.7 Å². The zero-order valence-corrected chi connectivity index (χ0v) is 23.0. The van der Waals surface area contributed by atoms with Gasteiger partial charge >= 0.3 is 0 Å². The van der Waals surface area contributed by atoms with Gasteiger partial charge < -0.3 is 21.1 Å². The van der Waals surface area contributed by atoms with E-state index in [1.165, 1.54) is 10.6 Å². The Kier molecular flexibility index (Phi) is 7.32. The highest BCUT2D eigenvalue weighted by atomic mass is 35.5. The Bertz CT molecular complexity index is 1620. The molecule has 1 aliphatic heterocycles. The average Bonchev–Trinajstić information content (AvgIpc) is 2.92. The third-order valence-corrected chi connectivity index (χ3v) is 8.70. The Morgan fingerprint density at radius 1 is 1.18 bits per heavy atom. The molecule has 4 heterocycles. The number of halogens is 1. The van der Waals surface area contributed by atoms with Gasteiger partial charge in [0.1, 0.15) is 5.65 Å². The number of nitrogens with one attached hydrogen (secondary N) is 1. The molecule has 4 N–H and O–H groups in total. The minimum atomic E-state index is -0.849. The van der Waals surface area contributed by atoms with Crippen molar-refractivity contribution in [3.63, 3.8) is 0 Å². The van der Waals surface area contributed by atoms with Gasteiger partial charge in [-0.15, -0.1) is 10.2 Å². The lowest BCUT2D eigenvalue weighted by atomic mass is 9.78. The molecular formula is C26H27ClN8O3S. The van der Waals surface area contributed by atoms with Gasteiger partial charge in [-0.3, -0.25) is 14.0 Å². The molecule has 4 aromatic rings. The number of nitrogens with zero attached hydrogens (tertiary/aromatic N) is 6. The van der Waals surface area contributed by atoms with Crippen molar-refractivity contribution in [3.8, 4) is 5.88 Å². The van der Waals surface area contributed by atoms with Crippen LogP contribution in [-0.4, -0.2) is 48.7 Å². The molecular weight excluding hydrogens is 540 g/mol. The number of amides is 1. The fraction of sp³-hybridized carbons (Fsp3) is 0.308. The van der Waals surface area contributed by atoms with Crippen LogP contribution in [0.15, 0.2) is 57.3 Å². The molecule has 39 heavy (non-hydrogen) atoms. The summed E-state index contributed by atoms with van der Waals surface area (Å²) in [4.78, 5) is 36.9. The van der Waals surface area contributed by atoms with Crippen molar-refractivity contribution < 1.29 is 9.90 Å². The van der Waals surface area contributed by atoms with Crippen LogP contribution >= 0.6 is 23.4 Å². The van der Waals surface area contributed by atoms with Crippen molar-refractivity contribution in [2.24, 2.45) is 5.41 Å². The molecule has 0 atom stereocenters. The number of carbonyl (C=O) groups excluding carboxylic acids is 1. The number of piperidine rings is 1. The number of aromatic hydroxyl groups is 1. The molecule has 1 amide bonds. The van der Waals surface area contributed by atoms with E-state index in [0.29, 0.717) is 21.3 Å². The first-order chi connectivity index (χ1) is 18.7. The maximum absolute atomic E-state index is 13.0. The van der Waals surface area contributed by atoms with Crippen LogP contribution in [0.5, 0.6) is 5.88 Å². The van der Waals surface area contributed by atoms with Gasteiger partial charge in [-0.1, -0.05) is 55.8 Å². The topological polar surface area (TPSA) is 152 Å². The minimum Gasteiger partial charge on any atom is -0.493 e. The number of anilines is 3. The van der Waals surface area contributed by atoms with Crippen molar-refractivity contribution in [3.05, 3.63) is 63.5 Å². The zero-order valence-electron chi connectivity index (χ0n) is 21.4. The predicted octanol–water partition coefficient (Wildman–Crippen LogP) is 4.24. The number of rotatable bonds is 6. The van der Waals surface area contributed by atoms with Crippen molar-refractivity contribution in [2.45, 2.75) is 43.0 Å². The molecule has 1 saturated heterocycles. The molecule has 3 aromatic heterocycles. The Morgan fingerprint density at radius 2 is 1.95 bits per heavy atom. The van der Waals surface area contributed by atoms with Gasteiger partial charge in [0, 0.05) is 24.2 Å². The molecule has 0 saturated carbocycles. The normalized spacial score (nSPS) is 14.9. The van der Waals surface area contributed by atoms with Gasteiger partial charge in [0.15, 0.2) is 16.4 Å². The van der Waals surface area contributed by atoms with Crippen molar-refractivity contribution in [2.75, 3.05) is 29.0 Å². The van der Waals surface area contributed by atoms with E-state index in [1.807, 2.05) is 0 Å². The quantitative estimate of drug-likeness (QED) is 0.309. The van der Waals surface area contributed by atoms with Crippen molar-refractivity contribution >= 4 is 52.4 Å². The second kappa shape index (κ2) is 10.7. The van der Waals surface area contributed by atoms with Crippen LogP contribution in [0, 0.1) is 5.41 Å². The number of aromatic nitrogens is 5. The van der Waals surface area contributed by atoms with E-state index < -0.39 is 22.9 Å². The van der Waals surface area contributed by atoms with Gasteiger partial charge in [-0.2, -0.15) is 9.97 Å². The molecule has 0 unspecified atom stereocenters. The molecule has 11 nitrogen and oxygen atoms in total. The van der Waals surface area contributed by atoms with E-state index >= 15 is 0 Å². The second-order valence-electron chi connectivity index (χ2n) is 9.67. The highest BCUT2D eigenvalue weighted by molar-refractivity contribution is 7.99. The molecule has 13 heteroatoms. The van der Waals surface area contributed by atoms with Gasteiger partial charge in [0.25, 0.3) is 11.5 Å². The Morgan fingerprint density at radius 3 is 2.67 bits per heavy atom. The third kappa shape index (κ3) is 5.34. The lowest BCUT2D eigenvalue weighted by molar-refractivity contribution is 0.102. The number of carbonyl (C=O) groups is 1. The summed E-state index contributed by atoms with van der Waals surface area (Å²) in [6.07, 6.45) is 4.70. The maximum Gasteiger partial charge on any atom is 0.274 e. The molecule has 1 aromatic carbocycles. The molecule has 5 rings (SSSR count). The summed E-state index contributed by atoms with van der Waals surface area (Å²) in [7, 11) is 0. The highest BCUT2D eigenvalue weighted by Gasteiger charge is 2.30. The largest absolute Gasteiger partial charge is 0.493 e. The van der Waals surface area contributed by atoms with Crippen molar-refractivity contribution in [1.82, 2.24) is 24.6 Å². The van der Waals surface area contributed by atoms with Crippen LogP contribution in [0.1, 0.15) is 43.5 Å². The number of hydrogen-bond donors (Lipinski definition) is 3. The Labute approximate surface area is 233 Å². The number of nitrogens with two attached hydrogens (primary N) is 1. The number of nitrogen functional groups attached to an aromatic ring is 1. The molecule has 0 aliphatic carbocycles. The van der Waals surface area contributed by atoms with Crippen LogP contribution in [0.4, 0.5) is 17.5 Å². The standard InChI is InChI=1S/C26H27ClN8O3S/c1-3-26(2)10-13-34(14-11-26)25-31-20(28)23(32-33-25)39-16-8-6-7-15(19(16)27)29-21(36)18-22(37)30-17-9-4-5-12-35(17)24(18)38/h4-9,12,37H,3,10-11,13-14H2,1-2H3,(H,29,36)(H2,28,31,33). The first kappa shape index (κ1) is 26.7. The van der Waals surface area contributed by atoms with E-state index in [2.05, 4.69) is 44.2 Å². The number of benzene rings is 1. The van der Waals surface area contributed by atoms with Crippen LogP contribution in [0.3, 0.4) is 0 Å². The predicted molar refractivity (Wildman–Crippen MR) is 151 cm³/mol. The van der Waals surface area contributed by atoms with Gasteiger partial charge in [-0.05, 0) is 42.5 Å². The lowest BCUT2D eigenvalue weighted by Crippen LogP contribution is -2.39. The van der Waals surface area contributed by atoms with Crippen LogP contribution < -0.4 is 21.5 Å². The van der Waals surface area contributed by atoms with Gasteiger partial charge in [-0.25, -0.2) is 0 Å². The molecule has 0 radical (unpaired) electrons. The summed E-state index contributed by atoms with van der Waals surface area (Å²) >= 11 is 7.75. The van der Waals surface area contributed by atoms with E-state index in [9.17, 15) is 14.7 Å². The second-order valence-corrected chi connectivity index (χ2v) is 11.1. The summed E-state index contributed by atoms with van der Waals surface area (Å²) in [5.74, 6) is -0.803. The molecule has 0 bridgehead atoms. The summed E-state index contributed by atoms with van der Waals surface area (Å²) in [5.41, 5.74) is 5.80. The SMILES string of the molecule is CCC1(C)CCN(c2nnc(Sc3cccc(NC(=O)c4c(O)nc5ccccn5c4=O)c3Cl)c(N)n2)CC1. The fourth-order valence-electron chi connectivity index (χ4n) is 4.38. The summed E-state index contributed by atoms with van der Waals surface area (Å²) in [6, 6.07) is 9.82. The smallest absolute Gasteiger partial charge is 0.274 e. The van der Waals surface area contributed by atoms with E-state index in [0.717, 1.165) is 44.1 Å². The molecule has 202 valence electrons. The Hall–Kier alpha value is -3.90. The molecule has 1 aliphatic rings. The number of hydrogen-bond acceptors (Lipinski definition) is 10. The van der Waals surface area contributed by atoms with Crippen molar-refractivity contribution in [1.29, 1.82) is 0 Å². The van der Waals surface area contributed by atoms with E-state index in [1.54, 1.807) is 36.4 Å². The van der Waals surface area contributed by atoms with E-state index in [4.69, 9.17) is 17.3 Å². The zero-order chi connectivity index (χ0) is 27.7. The Balaban J connectivity index is 1.34. The highest BCUT2D eigenvalue weighted by Crippen LogP contribution is 2.39. The third-order valence-electron chi connectivity index (χ3n) is 7.14. The first-order valence-electron chi connectivity index (χ1n) is 12.4. The monoisotopic (exact) mass is 566 g/mol. The fourth-order valence-corrected chi connectivity index (χ4v) is 5.45. The summed E-state index contributed by atoms with van der Waals surface area (Å²) < 4.78 is 1.17. The van der Waals surface area contributed by atoms with Crippen LogP contribution in [-0.2, 0) is 0 Å². The van der Waals surface area contributed by atoms with Crippen LogP contribution in [0.2, 0.25) is 5.02 Å². The van der Waals surface area contributed by atoms with E-state index in [-0.39, 0.29) is 22.2 Å². The summed E-state index contributed by atoms with van der Waals surface area (Å²) in [5, 5.41) is 22.0. The molecule has 1 fully saturated rings. The first-order valence-corrected chi connectivity index (χ1v) is 13.6. The van der Waals surface area contributed by atoms with Gasteiger partial charge in [0.2, 0.25) is 11.8 Å². The maximum atomic E-state index is 13.0. The molecule has 0 spiro atoms. The number of fused-ring (bicyclic) bond motifs is 1. The average molecular weight is 567 g/mol. The van der Waals surface area contributed by atoms with Crippen LogP contribution in [0.25, 0.3) is 5.65 Å². The summed E-state index contributed by atoms with van der Waals surface area (Å²) in [6.45, 7) is 6.21. The minimum absolute atomic E-state index is 0.198. The lowest BCUT2D eigenvalue weighted by Gasteiger charge is -2.38.